The average Bonchev–Trinajstić information content (AvgIpc) is 3.69. The predicted molar refractivity (Wildman–Crippen MR) is 229 cm³/mol. The van der Waals surface area contributed by atoms with Gasteiger partial charge in [-0.15, -0.1) is 0 Å². The number of carbonyl (C=O) groups excluding carboxylic acids is 1. The molecule has 0 radical (unpaired) electrons. The zero-order valence-electron chi connectivity index (χ0n) is 31.2. The molecule has 0 bridgehead atoms. The fourth-order valence-electron chi connectivity index (χ4n) is 5.93. The summed E-state index contributed by atoms with van der Waals surface area (Å²) in [6.45, 7) is 7.82. The van der Waals surface area contributed by atoms with E-state index in [0.29, 0.717) is 7.18 Å². The Hall–Kier alpha value is -4.57. The standard InChI is InChI=1S/C18H18BrN5O.C17H20BrN5O.2CH3F.FH2P/c19-14-1-3-15(4-2-14)22-9-11-23(12-10-22)16-5-7-17(8-6-16)24-13-20-21-18(24)25;18-13-1-5-15(6-2-13)22-9-11-23(12-10-22)16-7-3-14(4-8-16)20-17(24)21-19;3*1-2/h1-8,13H,9-12H2,(H,21,25);1-8H,9-12,19H2,(H2,20,21,24);2*1H3;2H2/i;;1D;;. The molecular weight excluding hydrogens is 864 g/mol. The molecule has 3 heterocycles. The third-order valence-electron chi connectivity index (χ3n) is 8.61. The number of piperazine rings is 2. The van der Waals surface area contributed by atoms with Crippen LogP contribution in [0.1, 0.15) is 1.37 Å². The van der Waals surface area contributed by atoms with Gasteiger partial charge in [-0.2, -0.15) is 5.10 Å². The summed E-state index contributed by atoms with van der Waals surface area (Å²) in [5, 5.41) is 8.82. The topological polar surface area (TPSA) is 131 Å². The maximum absolute atomic E-state index is 11.6. The largest absolute Gasteiger partial charge is 0.368 e. The molecule has 1 aromatic heterocycles. The fourth-order valence-corrected chi connectivity index (χ4v) is 6.46. The summed E-state index contributed by atoms with van der Waals surface area (Å²) in [6, 6.07) is 32.3. The number of aromatic nitrogens is 3. The van der Waals surface area contributed by atoms with Gasteiger partial charge in [0.05, 0.1) is 30.9 Å². The maximum Gasteiger partial charge on any atom is 0.347 e. The third-order valence-corrected chi connectivity index (χ3v) is 9.67. The van der Waals surface area contributed by atoms with Crippen LogP contribution in [0.5, 0.6) is 0 Å². The van der Waals surface area contributed by atoms with Crippen molar-refractivity contribution in [1.29, 1.82) is 0 Å². The first-order valence-electron chi connectivity index (χ1n) is 17.5. The highest BCUT2D eigenvalue weighted by Crippen LogP contribution is 2.25. The van der Waals surface area contributed by atoms with Crippen LogP contribution in [0.2, 0.25) is 0 Å². The number of anilines is 5. The molecule has 2 fully saturated rings. The van der Waals surface area contributed by atoms with Gasteiger partial charge >= 0.3 is 11.7 Å². The van der Waals surface area contributed by atoms with Crippen molar-refractivity contribution >= 4 is 75.9 Å². The molecule has 55 heavy (non-hydrogen) atoms. The molecule has 2 aliphatic rings. The van der Waals surface area contributed by atoms with Gasteiger partial charge in [-0.05, 0) is 97.1 Å². The van der Waals surface area contributed by atoms with Crippen molar-refractivity contribution in [3.05, 3.63) is 123 Å². The lowest BCUT2D eigenvalue weighted by Gasteiger charge is -2.37. The second kappa shape index (κ2) is 24.1. The number of nitrogens with zero attached hydrogens (tertiary/aromatic N) is 6. The second-order valence-electron chi connectivity index (χ2n) is 11.6. The van der Waals surface area contributed by atoms with E-state index in [4.69, 9.17) is 7.21 Å². The number of amides is 2. The molecule has 12 nitrogen and oxygen atoms in total. The summed E-state index contributed by atoms with van der Waals surface area (Å²) in [5.41, 5.74) is 8.20. The molecule has 18 heteroatoms. The van der Waals surface area contributed by atoms with Crippen LogP contribution in [0.3, 0.4) is 0 Å². The van der Waals surface area contributed by atoms with Crippen molar-refractivity contribution in [2.75, 3.05) is 91.6 Å². The van der Waals surface area contributed by atoms with Crippen molar-refractivity contribution in [1.82, 2.24) is 20.2 Å². The molecule has 2 amide bonds. The van der Waals surface area contributed by atoms with Crippen LogP contribution in [0.25, 0.3) is 5.69 Å². The van der Waals surface area contributed by atoms with Gasteiger partial charge in [0.25, 0.3) is 0 Å². The summed E-state index contributed by atoms with van der Waals surface area (Å²) < 4.78 is 38.1. The lowest BCUT2D eigenvalue weighted by molar-refractivity contribution is 0.252. The number of carbonyl (C=O) groups is 1. The van der Waals surface area contributed by atoms with Gasteiger partial charge in [-0.1, -0.05) is 31.9 Å². The summed E-state index contributed by atoms with van der Waals surface area (Å²) in [4.78, 5) is 32.3. The third kappa shape index (κ3) is 13.3. The molecule has 2 saturated heterocycles. The molecular formula is C37H46Br2F3N10O2P. The van der Waals surface area contributed by atoms with Gasteiger partial charge in [0, 0.05) is 89.7 Å². The van der Waals surface area contributed by atoms with Gasteiger partial charge in [0.2, 0.25) is 0 Å². The van der Waals surface area contributed by atoms with Crippen molar-refractivity contribution in [3.63, 3.8) is 0 Å². The van der Waals surface area contributed by atoms with E-state index in [1.807, 2.05) is 41.8 Å². The minimum atomic E-state index is -1.00. The van der Waals surface area contributed by atoms with Crippen LogP contribution in [0, 0.1) is 0 Å². The van der Waals surface area contributed by atoms with Crippen molar-refractivity contribution in [2.45, 2.75) is 0 Å². The smallest absolute Gasteiger partial charge is 0.347 e. The van der Waals surface area contributed by atoms with Crippen LogP contribution in [-0.4, -0.2) is 87.5 Å². The molecule has 7 rings (SSSR count). The zero-order valence-corrected chi connectivity index (χ0v) is 34.5. The van der Waals surface area contributed by atoms with Crippen LogP contribution in [0.4, 0.5) is 46.2 Å². The number of hydrogen-bond acceptors (Lipinski definition) is 8. The van der Waals surface area contributed by atoms with Gasteiger partial charge in [0.1, 0.15) is 6.33 Å². The zero-order chi connectivity index (χ0) is 40.9. The summed E-state index contributed by atoms with van der Waals surface area (Å²) >= 11 is 6.95. The Kier molecular flexibility index (Phi) is 18.9. The van der Waals surface area contributed by atoms with Gasteiger partial charge in [-0.25, -0.2) is 29.3 Å². The Bertz CT molecular complexity index is 1900. The number of aromatic amines is 1. The average molecular weight is 912 g/mol. The number of urea groups is 1. The minimum Gasteiger partial charge on any atom is -0.368 e. The Morgan fingerprint density at radius 1 is 0.673 bits per heavy atom. The van der Waals surface area contributed by atoms with Crippen LogP contribution >= 0.6 is 41.4 Å². The molecule has 1 unspecified atom stereocenters. The van der Waals surface area contributed by atoms with E-state index < -0.39 is 13.2 Å². The summed E-state index contributed by atoms with van der Waals surface area (Å²) in [5.74, 6) is 5.06. The molecule has 4 aromatic carbocycles. The fraction of sp³-hybridized carbons (Fsp3) is 0.270. The quantitative estimate of drug-likeness (QED) is 0.0604. The van der Waals surface area contributed by atoms with Crippen LogP contribution < -0.4 is 41.9 Å². The minimum absolute atomic E-state index is 0.226. The molecule has 2 aliphatic heterocycles. The van der Waals surface area contributed by atoms with Crippen molar-refractivity contribution in [3.8, 4) is 5.69 Å². The highest BCUT2D eigenvalue weighted by atomic mass is 79.9. The Labute approximate surface area is 339 Å². The maximum atomic E-state index is 11.6. The highest BCUT2D eigenvalue weighted by molar-refractivity contribution is 9.10. The van der Waals surface area contributed by atoms with Crippen molar-refractivity contribution in [2.24, 2.45) is 5.84 Å². The van der Waals surface area contributed by atoms with Gasteiger partial charge in [-0.3, -0.25) is 14.2 Å². The number of hydrogen-bond donors (Lipinski definition) is 4. The number of H-pyrrole nitrogens is 1. The molecule has 0 saturated carbocycles. The molecule has 296 valence electrons. The van der Waals surface area contributed by atoms with Crippen molar-refractivity contribution < 1.29 is 19.1 Å². The van der Waals surface area contributed by atoms with E-state index >= 15 is 0 Å². The first-order valence-corrected chi connectivity index (χ1v) is 18.9. The number of hydrazine groups is 1. The number of alkyl halides is 2. The second-order valence-corrected chi connectivity index (χ2v) is 13.4. The summed E-state index contributed by atoms with van der Waals surface area (Å²) in [6.07, 6.45) is 1.49. The number of benzene rings is 4. The normalized spacial score (nSPS) is 13.6. The van der Waals surface area contributed by atoms with Crippen LogP contribution in [-0.2, 0) is 0 Å². The Morgan fingerprint density at radius 2 is 0.982 bits per heavy atom. The van der Waals surface area contributed by atoms with E-state index in [2.05, 4.69) is 128 Å². The number of nitrogens with two attached hydrogens (primary N) is 1. The predicted octanol–water partition coefficient (Wildman–Crippen LogP) is 7.34. The lowest BCUT2D eigenvalue weighted by atomic mass is 10.2. The van der Waals surface area contributed by atoms with Gasteiger partial charge < -0.3 is 24.9 Å². The van der Waals surface area contributed by atoms with E-state index in [-0.39, 0.29) is 5.69 Å². The Balaban J connectivity index is 0.000000260. The summed E-state index contributed by atoms with van der Waals surface area (Å²) in [7, 11) is 0.417. The van der Waals surface area contributed by atoms with E-state index in [9.17, 15) is 22.6 Å². The van der Waals surface area contributed by atoms with E-state index in [1.165, 1.54) is 28.0 Å². The van der Waals surface area contributed by atoms with E-state index in [0.717, 1.165) is 87.9 Å². The number of rotatable bonds is 6. The monoisotopic (exact) mass is 909 g/mol. The first-order chi connectivity index (χ1) is 27.3. The molecule has 5 aromatic rings. The molecule has 0 spiro atoms. The number of halogens is 5. The lowest BCUT2D eigenvalue weighted by Crippen LogP contribution is -2.46. The SMILES string of the molecule is CF.FP.NNC(=O)Nc1ccc(N2CCN(c3ccc(Br)cc3)CC2)cc1.O=c1[nH]ncn1-c1ccc(N2CCN(c3ccc(Br)cc3)CC2)cc1.[2H]CF. The molecule has 0 aliphatic carbocycles. The molecule has 5 N–H and O–H groups in total. The Morgan fingerprint density at radius 3 is 1.29 bits per heavy atom. The highest BCUT2D eigenvalue weighted by Gasteiger charge is 2.19. The number of nitrogens with one attached hydrogen (secondary N) is 3. The van der Waals surface area contributed by atoms with E-state index in [1.54, 1.807) is 0 Å². The first kappa shape index (κ1) is 43.2. The van der Waals surface area contributed by atoms with Crippen LogP contribution in [0.15, 0.2) is 117 Å². The molecule has 1 atom stereocenters. The van der Waals surface area contributed by atoms with Gasteiger partial charge in [0.15, 0.2) is 0 Å².